The fourth-order valence-electron chi connectivity index (χ4n) is 5.71. The highest BCUT2D eigenvalue weighted by molar-refractivity contribution is 6.32. The highest BCUT2D eigenvalue weighted by atomic mass is 35.5. The number of halogens is 1. The minimum atomic E-state index is -0.378. The van der Waals surface area contributed by atoms with Crippen LogP contribution in [0.25, 0.3) is 0 Å². The van der Waals surface area contributed by atoms with Crippen LogP contribution in [0.15, 0.2) is 18.2 Å². The molecule has 4 bridgehead atoms. The number of hydrogen-bond donors (Lipinski definition) is 1. The van der Waals surface area contributed by atoms with Crippen LogP contribution in [-0.4, -0.2) is 12.2 Å². The molecule has 1 atom stereocenters. The second-order valence-corrected chi connectivity index (χ2v) is 7.98. The SMILES string of the molecule is COc1cc(C(O)C23CC4CC(CC(C4)C2)C3)ccc1Cl. The average molecular weight is 307 g/mol. The van der Waals surface area contributed by atoms with Crippen molar-refractivity contribution in [3.05, 3.63) is 28.8 Å². The Morgan fingerprint density at radius 1 is 1.14 bits per heavy atom. The van der Waals surface area contributed by atoms with Gasteiger partial charge in [0.2, 0.25) is 0 Å². The van der Waals surface area contributed by atoms with E-state index in [1.165, 1.54) is 38.5 Å². The average Bonchev–Trinajstić information content (AvgIpc) is 2.45. The summed E-state index contributed by atoms with van der Waals surface area (Å²) in [6.07, 6.45) is 7.42. The van der Waals surface area contributed by atoms with Gasteiger partial charge in [0, 0.05) is 5.41 Å². The van der Waals surface area contributed by atoms with Crippen LogP contribution in [0.5, 0.6) is 5.75 Å². The largest absolute Gasteiger partial charge is 0.495 e. The molecule has 1 aromatic carbocycles. The minimum Gasteiger partial charge on any atom is -0.495 e. The van der Waals surface area contributed by atoms with Crippen LogP contribution in [0.3, 0.4) is 0 Å². The normalized spacial score (nSPS) is 38.5. The first-order valence-corrected chi connectivity index (χ1v) is 8.49. The van der Waals surface area contributed by atoms with Gasteiger partial charge in [0.15, 0.2) is 0 Å². The van der Waals surface area contributed by atoms with Gasteiger partial charge >= 0.3 is 0 Å². The Labute approximate surface area is 131 Å². The lowest BCUT2D eigenvalue weighted by Gasteiger charge is -2.58. The molecule has 3 heteroatoms. The second-order valence-electron chi connectivity index (χ2n) is 7.58. The molecule has 4 aliphatic rings. The fourth-order valence-corrected chi connectivity index (χ4v) is 5.91. The van der Waals surface area contributed by atoms with Gasteiger partial charge in [-0.15, -0.1) is 0 Å². The summed E-state index contributed by atoms with van der Waals surface area (Å²) in [5, 5.41) is 11.7. The summed E-state index contributed by atoms with van der Waals surface area (Å²) in [5.74, 6) is 3.21. The number of methoxy groups -OCH3 is 1. The van der Waals surface area contributed by atoms with Gasteiger partial charge in [0.1, 0.15) is 5.75 Å². The Balaban J connectivity index is 1.66. The first-order valence-electron chi connectivity index (χ1n) is 8.11. The predicted octanol–water partition coefficient (Wildman–Crippen LogP) is 4.60. The number of rotatable bonds is 3. The third kappa shape index (κ3) is 2.19. The van der Waals surface area contributed by atoms with Crippen molar-refractivity contribution < 1.29 is 9.84 Å². The molecule has 0 amide bonds. The quantitative estimate of drug-likeness (QED) is 0.884. The standard InChI is InChI=1S/C18H23ClO2/c1-21-16-7-14(2-3-15(16)19)17(20)18-8-11-4-12(9-18)6-13(5-11)10-18/h2-3,7,11-13,17,20H,4-6,8-10H2,1H3. The van der Waals surface area contributed by atoms with E-state index in [9.17, 15) is 5.11 Å². The van der Waals surface area contributed by atoms with Crippen LogP contribution < -0.4 is 4.74 Å². The smallest absolute Gasteiger partial charge is 0.137 e. The molecule has 0 saturated heterocycles. The number of aliphatic hydroxyl groups excluding tert-OH is 1. The van der Waals surface area contributed by atoms with E-state index >= 15 is 0 Å². The van der Waals surface area contributed by atoms with Crippen molar-refractivity contribution >= 4 is 11.6 Å². The van der Waals surface area contributed by atoms with Crippen molar-refractivity contribution in [2.75, 3.05) is 7.11 Å². The molecule has 0 radical (unpaired) electrons. The van der Waals surface area contributed by atoms with E-state index in [1.807, 2.05) is 18.2 Å². The zero-order valence-electron chi connectivity index (χ0n) is 12.5. The Kier molecular flexibility index (Phi) is 3.24. The van der Waals surface area contributed by atoms with Crippen molar-refractivity contribution in [2.24, 2.45) is 23.2 Å². The number of aliphatic hydroxyl groups is 1. The summed E-state index contributed by atoms with van der Waals surface area (Å²) in [4.78, 5) is 0. The molecule has 4 aliphatic carbocycles. The summed E-state index contributed by atoms with van der Waals surface area (Å²) in [6, 6.07) is 5.74. The van der Waals surface area contributed by atoms with Crippen LogP contribution in [0.1, 0.15) is 50.2 Å². The topological polar surface area (TPSA) is 29.5 Å². The third-order valence-electron chi connectivity index (χ3n) is 6.16. The Hall–Kier alpha value is -0.730. The minimum absolute atomic E-state index is 0.105. The first-order chi connectivity index (χ1) is 10.1. The lowest BCUT2D eigenvalue weighted by Crippen LogP contribution is -2.48. The highest BCUT2D eigenvalue weighted by Gasteiger charge is 2.54. The summed E-state index contributed by atoms with van der Waals surface area (Å²) in [6.45, 7) is 0. The maximum absolute atomic E-state index is 11.1. The van der Waals surface area contributed by atoms with Gasteiger partial charge in [0.25, 0.3) is 0 Å². The van der Waals surface area contributed by atoms with Gasteiger partial charge < -0.3 is 9.84 Å². The highest BCUT2D eigenvalue weighted by Crippen LogP contribution is 2.64. The van der Waals surface area contributed by atoms with Gasteiger partial charge in [0.05, 0.1) is 18.2 Å². The lowest BCUT2D eigenvalue weighted by atomic mass is 9.47. The predicted molar refractivity (Wildman–Crippen MR) is 83.6 cm³/mol. The molecule has 114 valence electrons. The van der Waals surface area contributed by atoms with Crippen molar-refractivity contribution in [1.82, 2.24) is 0 Å². The zero-order chi connectivity index (χ0) is 14.6. The number of hydrogen-bond acceptors (Lipinski definition) is 2. The van der Waals surface area contributed by atoms with E-state index in [0.29, 0.717) is 10.8 Å². The summed E-state index contributed by atoms with van der Waals surface area (Å²) >= 11 is 6.11. The third-order valence-corrected chi connectivity index (χ3v) is 6.47. The van der Waals surface area contributed by atoms with Gasteiger partial charge in [-0.2, -0.15) is 0 Å². The maximum atomic E-state index is 11.1. The summed E-state index contributed by atoms with van der Waals surface area (Å²) in [5.41, 5.74) is 1.08. The number of ether oxygens (including phenoxy) is 1. The molecular formula is C18H23ClO2. The first kappa shape index (κ1) is 13.9. The molecule has 4 saturated carbocycles. The zero-order valence-corrected chi connectivity index (χ0v) is 13.3. The maximum Gasteiger partial charge on any atom is 0.137 e. The summed E-state index contributed by atoms with van der Waals surface area (Å²) in [7, 11) is 1.63. The molecule has 1 N–H and O–H groups in total. The van der Waals surface area contributed by atoms with Crippen molar-refractivity contribution in [3.63, 3.8) is 0 Å². The van der Waals surface area contributed by atoms with Crippen LogP contribution in [-0.2, 0) is 0 Å². The van der Waals surface area contributed by atoms with Gasteiger partial charge in [-0.05, 0) is 74.0 Å². The Bertz CT molecular complexity index is 519. The van der Waals surface area contributed by atoms with Crippen LogP contribution >= 0.6 is 11.6 Å². The molecule has 0 aliphatic heterocycles. The Morgan fingerprint density at radius 3 is 2.24 bits per heavy atom. The van der Waals surface area contributed by atoms with E-state index in [4.69, 9.17) is 16.3 Å². The molecular weight excluding hydrogens is 284 g/mol. The summed E-state index contributed by atoms with van der Waals surface area (Å²) < 4.78 is 5.31. The molecule has 5 rings (SSSR count). The number of benzene rings is 1. The molecule has 0 aromatic heterocycles. The van der Waals surface area contributed by atoms with E-state index in [-0.39, 0.29) is 11.5 Å². The van der Waals surface area contributed by atoms with Crippen LogP contribution in [0.4, 0.5) is 0 Å². The van der Waals surface area contributed by atoms with Gasteiger partial charge in [-0.1, -0.05) is 17.7 Å². The molecule has 1 aromatic rings. The van der Waals surface area contributed by atoms with Crippen molar-refractivity contribution in [2.45, 2.75) is 44.6 Å². The molecule has 0 spiro atoms. The van der Waals surface area contributed by atoms with Crippen molar-refractivity contribution in [1.29, 1.82) is 0 Å². The second kappa shape index (κ2) is 4.89. The van der Waals surface area contributed by atoms with Crippen LogP contribution in [0, 0.1) is 23.2 Å². The van der Waals surface area contributed by atoms with Gasteiger partial charge in [-0.3, -0.25) is 0 Å². The van der Waals surface area contributed by atoms with Gasteiger partial charge in [-0.25, -0.2) is 0 Å². The van der Waals surface area contributed by atoms with E-state index in [1.54, 1.807) is 7.11 Å². The monoisotopic (exact) mass is 306 g/mol. The molecule has 4 fully saturated rings. The van der Waals surface area contributed by atoms with E-state index in [2.05, 4.69) is 0 Å². The molecule has 2 nitrogen and oxygen atoms in total. The van der Waals surface area contributed by atoms with Crippen molar-refractivity contribution in [3.8, 4) is 5.75 Å². The lowest BCUT2D eigenvalue weighted by molar-refractivity contribution is -0.122. The van der Waals surface area contributed by atoms with Crippen LogP contribution in [0.2, 0.25) is 5.02 Å². The molecule has 0 heterocycles. The fraction of sp³-hybridized carbons (Fsp3) is 0.667. The van der Waals surface area contributed by atoms with E-state index in [0.717, 1.165) is 23.3 Å². The Morgan fingerprint density at radius 2 is 1.71 bits per heavy atom. The van der Waals surface area contributed by atoms with E-state index < -0.39 is 0 Å². The molecule has 21 heavy (non-hydrogen) atoms. The molecule has 1 unspecified atom stereocenters.